The molecule has 6 heteroatoms. The Morgan fingerprint density at radius 1 is 1.14 bits per heavy atom. The van der Waals surface area contributed by atoms with Crippen molar-refractivity contribution in [2.24, 2.45) is 0 Å². The second-order valence-electron chi connectivity index (χ2n) is 8.44. The van der Waals surface area contributed by atoms with Crippen molar-refractivity contribution < 1.29 is 31.0 Å². The number of para-hydroxylation sites is 1. The van der Waals surface area contributed by atoms with Crippen LogP contribution >= 0.6 is 11.3 Å². The van der Waals surface area contributed by atoms with Gasteiger partial charge in [0, 0.05) is 36.2 Å². The van der Waals surface area contributed by atoms with Gasteiger partial charge in [0.15, 0.2) is 0 Å². The fourth-order valence-corrected chi connectivity index (χ4v) is 5.61. The lowest BCUT2D eigenvalue weighted by molar-refractivity contribution is -0.931. The number of carbonyl (C=O) groups is 1. The van der Waals surface area contributed by atoms with Crippen molar-refractivity contribution in [3.63, 3.8) is 0 Å². The highest BCUT2D eigenvalue weighted by Gasteiger charge is 2.50. The first-order valence-corrected chi connectivity index (χ1v) is 10.7. The number of halogens is 1. The number of carbonyl (C=O) groups excluding carboxylic acids is 1. The Balaban J connectivity index is 0.00000225. The van der Waals surface area contributed by atoms with Crippen LogP contribution in [0.3, 0.4) is 0 Å². The van der Waals surface area contributed by atoms with E-state index < -0.39 is 0 Å². The third-order valence-electron chi connectivity index (χ3n) is 6.61. The molecule has 2 saturated heterocycles. The third kappa shape index (κ3) is 4.14. The van der Waals surface area contributed by atoms with E-state index in [4.69, 9.17) is 4.74 Å². The summed E-state index contributed by atoms with van der Waals surface area (Å²) in [5.41, 5.74) is 2.12. The molecule has 2 atom stereocenters. The topological polar surface area (TPSA) is 29.5 Å². The van der Waals surface area contributed by atoms with E-state index in [1.807, 2.05) is 30.3 Å². The summed E-state index contributed by atoms with van der Waals surface area (Å²) in [5.74, 6) is 0. The van der Waals surface area contributed by atoms with Gasteiger partial charge < -0.3 is 26.2 Å². The van der Waals surface area contributed by atoms with Gasteiger partial charge in [-0.25, -0.2) is 4.79 Å². The zero-order valence-electron chi connectivity index (χ0n) is 16.8. The number of aryl methyl sites for hydroxylation is 1. The number of thiophene rings is 1. The Labute approximate surface area is 182 Å². The minimum Gasteiger partial charge on any atom is -1.00 e. The van der Waals surface area contributed by atoms with Crippen LogP contribution in [-0.2, 0) is 11.3 Å². The van der Waals surface area contributed by atoms with Gasteiger partial charge in [0.2, 0.25) is 0 Å². The van der Waals surface area contributed by atoms with E-state index in [2.05, 4.69) is 32.5 Å². The molecule has 2 aliphatic heterocycles. The molecule has 28 heavy (non-hydrogen) atoms. The number of nitrogens with zero attached hydrogens (tertiary/aromatic N) is 2. The predicted octanol–water partition coefficient (Wildman–Crippen LogP) is 1.97. The highest BCUT2D eigenvalue weighted by atomic mass is 79.9. The molecule has 2 unspecified atom stereocenters. The van der Waals surface area contributed by atoms with Crippen molar-refractivity contribution >= 4 is 23.1 Å². The number of hydrogen-bond donors (Lipinski definition) is 0. The number of benzene rings is 1. The largest absolute Gasteiger partial charge is 1.00 e. The lowest BCUT2D eigenvalue weighted by Gasteiger charge is -2.44. The maximum atomic E-state index is 13.1. The van der Waals surface area contributed by atoms with Crippen LogP contribution in [0.15, 0.2) is 41.8 Å². The quantitative estimate of drug-likeness (QED) is 0.647. The molecular formula is C22H29BrN2O2S. The molecular weight excluding hydrogens is 436 g/mol. The zero-order valence-corrected chi connectivity index (χ0v) is 19.2. The van der Waals surface area contributed by atoms with Gasteiger partial charge in [-0.1, -0.05) is 18.2 Å². The summed E-state index contributed by atoms with van der Waals surface area (Å²) in [4.78, 5) is 16.1. The summed E-state index contributed by atoms with van der Waals surface area (Å²) in [6.45, 7) is 2.66. The van der Waals surface area contributed by atoms with Gasteiger partial charge in [-0.2, -0.15) is 0 Å². The standard InChI is InChI=1S/C22H29N2O2S.BrH/c1-16-11-12-27-21(16)15-23(17-7-5-4-6-8-17)22(25)26-20-13-18-9-10-19(14-20)24(18,2)3;/h4-8,11-12,18-20H,9-10,13-15H2,1-3H3;1H/q+1;/p-1. The van der Waals surface area contributed by atoms with E-state index >= 15 is 0 Å². The number of hydrogen-bond acceptors (Lipinski definition) is 3. The highest BCUT2D eigenvalue weighted by Crippen LogP contribution is 2.40. The van der Waals surface area contributed by atoms with Crippen LogP contribution in [0.25, 0.3) is 0 Å². The van der Waals surface area contributed by atoms with E-state index in [1.54, 1.807) is 16.2 Å². The first-order valence-electron chi connectivity index (χ1n) is 9.84. The summed E-state index contributed by atoms with van der Waals surface area (Å²) >= 11 is 1.69. The number of quaternary nitrogens is 1. The van der Waals surface area contributed by atoms with Crippen LogP contribution < -0.4 is 21.9 Å². The number of piperidine rings is 1. The molecule has 0 radical (unpaired) electrons. The Morgan fingerprint density at radius 2 is 1.79 bits per heavy atom. The highest BCUT2D eigenvalue weighted by molar-refractivity contribution is 7.10. The lowest BCUT2D eigenvalue weighted by Crippen LogP contribution is -3.00. The number of amides is 1. The normalized spacial score (nSPS) is 25.0. The maximum absolute atomic E-state index is 13.1. The van der Waals surface area contributed by atoms with Crippen molar-refractivity contribution in [3.8, 4) is 0 Å². The van der Waals surface area contributed by atoms with Gasteiger partial charge in [0.05, 0.1) is 32.7 Å². The fourth-order valence-electron chi connectivity index (χ4n) is 4.71. The Bertz CT molecular complexity index is 792. The molecule has 2 aromatic rings. The number of fused-ring (bicyclic) bond motifs is 2. The summed E-state index contributed by atoms with van der Waals surface area (Å²) in [5, 5.41) is 2.08. The van der Waals surface area contributed by atoms with E-state index in [0.717, 1.165) is 23.0 Å². The molecule has 3 heterocycles. The zero-order chi connectivity index (χ0) is 19.0. The first-order chi connectivity index (χ1) is 12.9. The average Bonchev–Trinajstić information content (AvgIpc) is 3.07. The SMILES string of the molecule is Cc1ccsc1CN(C(=O)OC1CC2CCC(C1)[N+]2(C)C)c1ccccc1.[Br-]. The van der Waals surface area contributed by atoms with Crippen molar-refractivity contribution in [2.75, 3.05) is 19.0 Å². The summed E-state index contributed by atoms with van der Waals surface area (Å²) in [6, 6.07) is 13.2. The lowest BCUT2D eigenvalue weighted by atomic mass is 9.98. The summed E-state index contributed by atoms with van der Waals surface area (Å²) in [7, 11) is 4.66. The Morgan fingerprint density at radius 3 is 2.36 bits per heavy atom. The van der Waals surface area contributed by atoms with Gasteiger partial charge in [0.25, 0.3) is 0 Å². The molecule has 0 spiro atoms. The van der Waals surface area contributed by atoms with Gasteiger partial charge >= 0.3 is 6.09 Å². The van der Waals surface area contributed by atoms with E-state index in [-0.39, 0.29) is 29.2 Å². The number of anilines is 1. The first kappa shape index (κ1) is 21.3. The molecule has 0 N–H and O–H groups in total. The van der Waals surface area contributed by atoms with Crippen LogP contribution in [0.2, 0.25) is 0 Å². The molecule has 2 aliphatic rings. The van der Waals surface area contributed by atoms with Crippen LogP contribution in [-0.4, -0.2) is 42.9 Å². The molecule has 2 fully saturated rings. The smallest absolute Gasteiger partial charge is 0.414 e. The Hall–Kier alpha value is -1.37. The molecule has 4 nitrogen and oxygen atoms in total. The van der Waals surface area contributed by atoms with Crippen molar-refractivity contribution in [2.45, 2.75) is 57.3 Å². The van der Waals surface area contributed by atoms with E-state index in [0.29, 0.717) is 18.6 Å². The van der Waals surface area contributed by atoms with Crippen molar-refractivity contribution in [3.05, 3.63) is 52.2 Å². The van der Waals surface area contributed by atoms with Gasteiger partial charge in [-0.3, -0.25) is 4.90 Å². The molecule has 4 rings (SSSR count). The van der Waals surface area contributed by atoms with Crippen molar-refractivity contribution in [1.82, 2.24) is 0 Å². The molecule has 0 saturated carbocycles. The van der Waals surface area contributed by atoms with E-state index in [1.165, 1.54) is 23.3 Å². The van der Waals surface area contributed by atoms with E-state index in [9.17, 15) is 4.79 Å². The molecule has 152 valence electrons. The maximum Gasteiger partial charge on any atom is 0.414 e. The summed E-state index contributed by atoms with van der Waals surface area (Å²) < 4.78 is 7.14. The summed E-state index contributed by atoms with van der Waals surface area (Å²) in [6.07, 6.45) is 4.29. The van der Waals surface area contributed by atoms with Gasteiger partial charge in [-0.05, 0) is 36.1 Å². The third-order valence-corrected chi connectivity index (χ3v) is 7.62. The van der Waals surface area contributed by atoms with Crippen molar-refractivity contribution in [1.29, 1.82) is 0 Å². The van der Waals surface area contributed by atoms with Gasteiger partial charge in [0.1, 0.15) is 6.10 Å². The molecule has 1 aromatic heterocycles. The Kier molecular flexibility index (Phi) is 6.52. The van der Waals surface area contributed by atoms with Crippen LogP contribution in [0.1, 0.15) is 36.1 Å². The van der Waals surface area contributed by atoms with Crippen LogP contribution in [0.4, 0.5) is 10.5 Å². The van der Waals surface area contributed by atoms with Crippen LogP contribution in [0.5, 0.6) is 0 Å². The minimum absolute atomic E-state index is 0. The molecule has 2 bridgehead atoms. The van der Waals surface area contributed by atoms with Crippen LogP contribution in [0, 0.1) is 6.92 Å². The fraction of sp³-hybridized carbons (Fsp3) is 0.500. The molecule has 1 aromatic carbocycles. The molecule has 1 amide bonds. The number of rotatable bonds is 4. The average molecular weight is 465 g/mol. The minimum atomic E-state index is -0.217. The van der Waals surface area contributed by atoms with Gasteiger partial charge in [-0.15, -0.1) is 11.3 Å². The number of ether oxygens (including phenoxy) is 1. The predicted molar refractivity (Wildman–Crippen MR) is 110 cm³/mol. The molecule has 0 aliphatic carbocycles. The second-order valence-corrected chi connectivity index (χ2v) is 9.44. The monoisotopic (exact) mass is 464 g/mol. The second kappa shape index (κ2) is 8.56.